The highest BCUT2D eigenvalue weighted by Gasteiger charge is 2.56. The molecule has 0 aromatic rings. The van der Waals surface area contributed by atoms with Crippen LogP contribution in [-0.2, 0) is 4.74 Å². The predicted molar refractivity (Wildman–Crippen MR) is 69.0 cm³/mol. The fourth-order valence-corrected chi connectivity index (χ4v) is 2.70. The van der Waals surface area contributed by atoms with E-state index in [0.717, 1.165) is 19.3 Å². The topological polar surface area (TPSA) is 78.9 Å². The van der Waals surface area contributed by atoms with Gasteiger partial charge in [-0.25, -0.2) is 9.59 Å². The van der Waals surface area contributed by atoms with Gasteiger partial charge in [-0.1, -0.05) is 0 Å². The Labute approximate surface area is 113 Å². The summed E-state index contributed by atoms with van der Waals surface area (Å²) in [5.41, 5.74) is -0.387. The minimum Gasteiger partial charge on any atom is -0.465 e. The van der Waals surface area contributed by atoms with Gasteiger partial charge in [0.1, 0.15) is 5.60 Å². The molecule has 0 radical (unpaired) electrons. The van der Waals surface area contributed by atoms with Crippen LogP contribution in [0.15, 0.2) is 0 Å². The molecule has 0 aromatic carbocycles. The summed E-state index contributed by atoms with van der Waals surface area (Å²) in [5, 5.41) is 11.8. The second-order valence-electron chi connectivity index (χ2n) is 6.53. The molecule has 0 unspecified atom stereocenters. The first-order valence-corrected chi connectivity index (χ1v) is 6.69. The highest BCUT2D eigenvalue weighted by Crippen LogP contribution is 2.53. The Morgan fingerprint density at radius 3 is 2.37 bits per heavy atom. The zero-order chi connectivity index (χ0) is 14.3. The molecule has 0 bridgehead atoms. The highest BCUT2D eigenvalue weighted by atomic mass is 16.6. The van der Waals surface area contributed by atoms with Gasteiger partial charge in [-0.15, -0.1) is 0 Å². The molecule has 2 amide bonds. The molecule has 2 rings (SSSR count). The fraction of sp³-hybridized carbons (Fsp3) is 0.846. The van der Waals surface area contributed by atoms with E-state index in [4.69, 9.17) is 9.84 Å². The van der Waals surface area contributed by atoms with Gasteiger partial charge in [-0.2, -0.15) is 0 Å². The third-order valence-electron chi connectivity index (χ3n) is 3.91. The first-order chi connectivity index (χ1) is 8.72. The third kappa shape index (κ3) is 3.30. The molecule has 1 spiro atoms. The maximum absolute atomic E-state index is 11.7. The number of piperidine rings is 1. The highest BCUT2D eigenvalue weighted by molar-refractivity contribution is 5.69. The van der Waals surface area contributed by atoms with Crippen molar-refractivity contribution in [1.29, 1.82) is 0 Å². The first-order valence-electron chi connectivity index (χ1n) is 6.69. The largest absolute Gasteiger partial charge is 0.465 e. The Hall–Kier alpha value is -1.46. The fourth-order valence-electron chi connectivity index (χ4n) is 2.70. The SMILES string of the molecule is CC(C)(C)OC(=O)N[C@@H]1CC12CCN(C(=O)O)CC2. The van der Waals surface area contributed by atoms with E-state index in [2.05, 4.69) is 5.32 Å². The molecule has 2 aliphatic rings. The molecule has 0 aromatic heterocycles. The van der Waals surface area contributed by atoms with Gasteiger partial charge in [-0.05, 0) is 45.4 Å². The Bertz CT molecular complexity index is 381. The summed E-state index contributed by atoms with van der Waals surface area (Å²) in [4.78, 5) is 23.9. The van der Waals surface area contributed by atoms with E-state index in [-0.39, 0.29) is 17.6 Å². The predicted octanol–water partition coefficient (Wildman–Crippen LogP) is 2.04. The molecule has 1 aliphatic carbocycles. The average molecular weight is 270 g/mol. The number of ether oxygens (including phenoxy) is 1. The summed E-state index contributed by atoms with van der Waals surface area (Å²) in [7, 11) is 0. The molecule has 1 saturated heterocycles. The average Bonchev–Trinajstić information content (AvgIpc) is 2.88. The van der Waals surface area contributed by atoms with Crippen LogP contribution in [0.3, 0.4) is 0 Å². The van der Waals surface area contributed by atoms with Crippen LogP contribution in [0.2, 0.25) is 0 Å². The summed E-state index contributed by atoms with van der Waals surface area (Å²) in [6, 6.07) is 0.137. The molecule has 6 heteroatoms. The first kappa shape index (κ1) is 14.0. The lowest BCUT2D eigenvalue weighted by atomic mass is 9.93. The van der Waals surface area contributed by atoms with Gasteiger partial charge in [0.25, 0.3) is 0 Å². The van der Waals surface area contributed by atoms with Gasteiger partial charge in [0, 0.05) is 19.1 Å². The van der Waals surface area contributed by atoms with Crippen molar-refractivity contribution >= 4 is 12.2 Å². The maximum Gasteiger partial charge on any atom is 0.407 e. The van der Waals surface area contributed by atoms with Crippen molar-refractivity contribution in [2.75, 3.05) is 13.1 Å². The number of hydrogen-bond donors (Lipinski definition) is 2. The Morgan fingerprint density at radius 1 is 1.32 bits per heavy atom. The van der Waals surface area contributed by atoms with Crippen LogP contribution in [0.25, 0.3) is 0 Å². The zero-order valence-corrected chi connectivity index (χ0v) is 11.7. The lowest BCUT2D eigenvalue weighted by Crippen LogP contribution is -2.41. The number of carboxylic acid groups (broad SMARTS) is 1. The third-order valence-corrected chi connectivity index (χ3v) is 3.91. The van der Waals surface area contributed by atoms with E-state index in [0.29, 0.717) is 13.1 Å². The minimum atomic E-state index is -0.854. The summed E-state index contributed by atoms with van der Waals surface area (Å²) in [6.45, 7) is 6.62. The summed E-state index contributed by atoms with van der Waals surface area (Å²) >= 11 is 0. The molecule has 2 N–H and O–H groups in total. The number of nitrogens with one attached hydrogen (secondary N) is 1. The summed E-state index contributed by atoms with van der Waals surface area (Å²) in [5.74, 6) is 0. The Morgan fingerprint density at radius 2 is 1.89 bits per heavy atom. The molecular formula is C13H22N2O4. The number of amides is 2. The van der Waals surface area contributed by atoms with Crippen LogP contribution in [0, 0.1) is 5.41 Å². The van der Waals surface area contributed by atoms with Crippen molar-refractivity contribution in [3.05, 3.63) is 0 Å². The van der Waals surface area contributed by atoms with E-state index >= 15 is 0 Å². The van der Waals surface area contributed by atoms with E-state index in [1.54, 1.807) is 0 Å². The lowest BCUT2D eigenvalue weighted by Gasteiger charge is -2.31. The minimum absolute atomic E-state index is 0.100. The van der Waals surface area contributed by atoms with Gasteiger partial charge < -0.3 is 20.1 Å². The van der Waals surface area contributed by atoms with E-state index < -0.39 is 11.7 Å². The number of likely N-dealkylation sites (tertiary alicyclic amines) is 1. The van der Waals surface area contributed by atoms with Crippen molar-refractivity contribution in [2.24, 2.45) is 5.41 Å². The number of rotatable bonds is 1. The zero-order valence-electron chi connectivity index (χ0n) is 11.7. The van der Waals surface area contributed by atoms with Crippen molar-refractivity contribution < 1.29 is 19.4 Å². The number of carbonyl (C=O) groups is 2. The number of alkyl carbamates (subject to hydrolysis) is 1. The molecule has 1 aliphatic heterocycles. The normalized spacial score (nSPS) is 25.0. The second kappa shape index (κ2) is 4.58. The van der Waals surface area contributed by atoms with Crippen LogP contribution in [0.4, 0.5) is 9.59 Å². The van der Waals surface area contributed by atoms with E-state index in [1.807, 2.05) is 20.8 Å². The lowest BCUT2D eigenvalue weighted by molar-refractivity contribution is 0.0506. The van der Waals surface area contributed by atoms with Gasteiger partial charge >= 0.3 is 12.2 Å². The summed E-state index contributed by atoms with van der Waals surface area (Å²) in [6.07, 6.45) is 1.33. The molecule has 6 nitrogen and oxygen atoms in total. The van der Waals surface area contributed by atoms with Gasteiger partial charge in [0.05, 0.1) is 0 Å². The quantitative estimate of drug-likeness (QED) is 0.764. The van der Waals surface area contributed by atoms with Crippen LogP contribution < -0.4 is 5.32 Å². The smallest absolute Gasteiger partial charge is 0.407 e. The second-order valence-corrected chi connectivity index (χ2v) is 6.53. The van der Waals surface area contributed by atoms with Crippen LogP contribution in [-0.4, -0.2) is 46.9 Å². The Kier molecular flexibility index (Phi) is 3.36. The number of carbonyl (C=O) groups excluding carboxylic acids is 1. The Balaban J connectivity index is 1.79. The van der Waals surface area contributed by atoms with Crippen molar-refractivity contribution in [1.82, 2.24) is 10.2 Å². The van der Waals surface area contributed by atoms with Crippen LogP contribution in [0.1, 0.15) is 40.0 Å². The number of hydrogen-bond acceptors (Lipinski definition) is 3. The summed E-state index contributed by atoms with van der Waals surface area (Å²) < 4.78 is 5.23. The monoisotopic (exact) mass is 270 g/mol. The van der Waals surface area contributed by atoms with E-state index in [1.165, 1.54) is 4.90 Å². The van der Waals surface area contributed by atoms with Crippen molar-refractivity contribution in [3.8, 4) is 0 Å². The molecule has 2 fully saturated rings. The molecule has 108 valence electrons. The van der Waals surface area contributed by atoms with Gasteiger partial charge in [-0.3, -0.25) is 0 Å². The van der Waals surface area contributed by atoms with Crippen molar-refractivity contribution in [2.45, 2.75) is 51.7 Å². The van der Waals surface area contributed by atoms with Gasteiger partial charge in [0.15, 0.2) is 0 Å². The standard InChI is InChI=1S/C13H22N2O4/c1-12(2,3)19-10(16)14-9-8-13(9)4-6-15(7-5-13)11(17)18/h9H,4-8H2,1-3H3,(H,14,16)(H,17,18)/t9-/m1/s1. The molecule has 1 heterocycles. The maximum atomic E-state index is 11.7. The molecule has 19 heavy (non-hydrogen) atoms. The van der Waals surface area contributed by atoms with Crippen LogP contribution in [0.5, 0.6) is 0 Å². The van der Waals surface area contributed by atoms with Gasteiger partial charge in [0.2, 0.25) is 0 Å². The van der Waals surface area contributed by atoms with E-state index in [9.17, 15) is 9.59 Å². The van der Waals surface area contributed by atoms with Crippen molar-refractivity contribution in [3.63, 3.8) is 0 Å². The molecule has 1 atom stereocenters. The molecule has 1 saturated carbocycles. The van der Waals surface area contributed by atoms with Crippen LogP contribution >= 0.6 is 0 Å². The molecular weight excluding hydrogens is 248 g/mol. The number of nitrogens with zero attached hydrogens (tertiary/aromatic N) is 1.